The molecule has 0 radical (unpaired) electrons. The number of carboxylic acids is 1. The minimum Gasteiger partial charge on any atom is -0.870 e. The van der Waals surface area contributed by atoms with Crippen molar-refractivity contribution < 1.29 is 53.2 Å². The van der Waals surface area contributed by atoms with E-state index < -0.39 is 23.2 Å². The molecule has 1 aromatic carbocycles. The molecule has 0 saturated carbocycles. The van der Waals surface area contributed by atoms with Crippen LogP contribution in [0.25, 0.3) is 0 Å². The van der Waals surface area contributed by atoms with E-state index in [1.165, 1.54) is 0 Å². The molecule has 5 nitrogen and oxygen atoms in total. The van der Waals surface area contributed by atoms with E-state index in [9.17, 15) is 13.6 Å². The Kier molecular flexibility index (Phi) is 12.0. The molecule has 98 valence electrons. The second kappa shape index (κ2) is 9.52. The van der Waals surface area contributed by atoms with Crippen molar-refractivity contribution in [2.75, 3.05) is 6.61 Å². The Balaban J connectivity index is -0.000000750. The molecule has 0 atom stereocenters. The standard InChI is InChI=1S/C9H7F2IO3.Li.2H2O/c1-2-15-5-3-4(9(13)14)6(10)7(11)8(5)12;;;/h3H,2H2,1H3,(H,13,14);;2*1H2/q;+1;;/p-1. The largest absolute Gasteiger partial charge is 1.00 e. The first-order valence-electron chi connectivity index (χ1n) is 4.02. The zero-order chi connectivity index (χ0) is 11.6. The first kappa shape index (κ1) is 22.7. The van der Waals surface area contributed by atoms with Gasteiger partial charge in [-0.2, -0.15) is 0 Å². The molecule has 0 aliphatic heterocycles. The molecule has 0 amide bonds. The molecule has 0 heterocycles. The number of hydrogen-bond donors (Lipinski definition) is 1. The van der Waals surface area contributed by atoms with Crippen molar-refractivity contribution in [2.24, 2.45) is 0 Å². The number of carboxylic acid groups (broad SMARTS) is 1. The predicted molar refractivity (Wildman–Crippen MR) is 62.8 cm³/mol. The van der Waals surface area contributed by atoms with Gasteiger partial charge in [-0.3, -0.25) is 0 Å². The fourth-order valence-electron chi connectivity index (χ4n) is 0.997. The molecule has 0 spiro atoms. The van der Waals surface area contributed by atoms with Crippen molar-refractivity contribution >= 4 is 28.6 Å². The predicted octanol–water partition coefficient (Wildman–Crippen LogP) is -1.33. The van der Waals surface area contributed by atoms with Crippen molar-refractivity contribution in [3.05, 3.63) is 26.8 Å². The van der Waals surface area contributed by atoms with Crippen LogP contribution in [0, 0.1) is 15.2 Å². The van der Waals surface area contributed by atoms with Crippen LogP contribution in [0.15, 0.2) is 6.07 Å². The zero-order valence-electron chi connectivity index (χ0n) is 9.63. The van der Waals surface area contributed by atoms with Gasteiger partial charge in [0.05, 0.1) is 10.2 Å². The van der Waals surface area contributed by atoms with Gasteiger partial charge in [-0.1, -0.05) is 0 Å². The van der Waals surface area contributed by atoms with Gasteiger partial charge in [0.1, 0.15) is 11.3 Å². The van der Waals surface area contributed by atoms with Gasteiger partial charge in [0.25, 0.3) is 0 Å². The van der Waals surface area contributed by atoms with Crippen molar-refractivity contribution in [2.45, 2.75) is 6.92 Å². The maximum Gasteiger partial charge on any atom is 1.00 e. The fraction of sp³-hybridized carbons (Fsp3) is 0.222. The summed E-state index contributed by atoms with van der Waals surface area (Å²) >= 11 is 1.56. The molecule has 0 unspecified atom stereocenters. The third kappa shape index (κ3) is 4.70. The van der Waals surface area contributed by atoms with Crippen LogP contribution in [0.3, 0.4) is 0 Å². The molecule has 0 saturated heterocycles. The molecule has 0 bridgehead atoms. The maximum absolute atomic E-state index is 13.2. The average Bonchev–Trinajstić information content (AvgIpc) is 2.18. The quantitative estimate of drug-likeness (QED) is 0.404. The van der Waals surface area contributed by atoms with E-state index in [-0.39, 0.29) is 45.7 Å². The van der Waals surface area contributed by atoms with Gasteiger partial charge in [-0.25, -0.2) is 13.6 Å². The van der Waals surface area contributed by atoms with E-state index in [4.69, 9.17) is 9.84 Å². The number of aromatic carboxylic acids is 1. The second-order valence-electron chi connectivity index (χ2n) is 2.60. The number of rotatable bonds is 3. The van der Waals surface area contributed by atoms with E-state index in [1.807, 2.05) is 0 Å². The Morgan fingerprint density at radius 2 is 1.94 bits per heavy atom. The Hall–Kier alpha value is -0.403. The van der Waals surface area contributed by atoms with Crippen LogP contribution in [-0.2, 0) is 0 Å². The SMILES string of the molecule is CCOc1cc(C(=O)O)c(F)c(F)c1I.O.[Li+].[OH-]. The normalized spacial score (nSPS) is 8.44. The molecule has 0 aliphatic rings. The van der Waals surface area contributed by atoms with Crippen LogP contribution >= 0.6 is 22.6 Å². The number of ether oxygens (including phenoxy) is 1. The van der Waals surface area contributed by atoms with Crippen molar-refractivity contribution in [3.63, 3.8) is 0 Å². The van der Waals surface area contributed by atoms with Gasteiger partial charge < -0.3 is 20.8 Å². The van der Waals surface area contributed by atoms with Gasteiger partial charge in [0, 0.05) is 0 Å². The third-order valence-electron chi connectivity index (χ3n) is 1.64. The Bertz CT molecular complexity index is 416. The van der Waals surface area contributed by atoms with E-state index in [0.29, 0.717) is 0 Å². The monoisotopic (exact) mass is 370 g/mol. The number of halogens is 3. The molecule has 1 rings (SSSR count). The summed E-state index contributed by atoms with van der Waals surface area (Å²) in [5, 5.41) is 8.61. The first-order chi connectivity index (χ1) is 6.99. The number of hydrogen-bond acceptors (Lipinski definition) is 3. The smallest absolute Gasteiger partial charge is 0.870 e. The number of carbonyl (C=O) groups is 1. The topological polar surface area (TPSA) is 108 Å². The Morgan fingerprint density at radius 3 is 2.33 bits per heavy atom. The summed E-state index contributed by atoms with van der Waals surface area (Å²) in [5.74, 6) is -4.05. The van der Waals surface area contributed by atoms with Crippen LogP contribution in [0.5, 0.6) is 5.75 Å². The molecule has 9 heteroatoms. The molecule has 0 aromatic heterocycles. The van der Waals surface area contributed by atoms with Crippen LogP contribution in [0.1, 0.15) is 17.3 Å². The summed E-state index contributed by atoms with van der Waals surface area (Å²) < 4.78 is 31.3. The molecular formula is C9H10F2ILiO5. The average molecular weight is 370 g/mol. The van der Waals surface area contributed by atoms with E-state index in [0.717, 1.165) is 6.07 Å². The van der Waals surface area contributed by atoms with Gasteiger partial charge in [-0.15, -0.1) is 0 Å². The van der Waals surface area contributed by atoms with Crippen LogP contribution in [-0.4, -0.2) is 28.6 Å². The number of benzene rings is 1. The molecule has 0 aliphatic carbocycles. The van der Waals surface area contributed by atoms with Gasteiger partial charge >= 0.3 is 24.8 Å². The minimum atomic E-state index is -1.52. The molecule has 1 aromatic rings. The first-order valence-corrected chi connectivity index (χ1v) is 5.10. The summed E-state index contributed by atoms with van der Waals surface area (Å²) in [4.78, 5) is 10.6. The summed E-state index contributed by atoms with van der Waals surface area (Å²) in [6, 6.07) is 0.978. The maximum atomic E-state index is 13.2. The molecule has 4 N–H and O–H groups in total. The summed E-state index contributed by atoms with van der Waals surface area (Å²) in [5.41, 5.74) is -0.726. The van der Waals surface area contributed by atoms with E-state index in [2.05, 4.69) is 0 Å². The molecule has 0 fully saturated rings. The van der Waals surface area contributed by atoms with Crippen molar-refractivity contribution in [3.8, 4) is 5.75 Å². The zero-order valence-corrected chi connectivity index (χ0v) is 11.8. The third-order valence-corrected chi connectivity index (χ3v) is 2.65. The van der Waals surface area contributed by atoms with E-state index >= 15 is 0 Å². The van der Waals surface area contributed by atoms with Crippen molar-refractivity contribution in [1.29, 1.82) is 0 Å². The van der Waals surface area contributed by atoms with Crippen molar-refractivity contribution in [1.82, 2.24) is 0 Å². The van der Waals surface area contributed by atoms with Crippen LogP contribution < -0.4 is 23.6 Å². The fourth-order valence-corrected chi connectivity index (χ4v) is 1.54. The second-order valence-corrected chi connectivity index (χ2v) is 3.68. The Labute approximate surface area is 127 Å². The Morgan fingerprint density at radius 1 is 1.44 bits per heavy atom. The van der Waals surface area contributed by atoms with Gasteiger partial charge in [-0.05, 0) is 35.6 Å². The summed E-state index contributed by atoms with van der Waals surface area (Å²) in [6.07, 6.45) is 0. The van der Waals surface area contributed by atoms with Crippen LogP contribution in [0.4, 0.5) is 8.78 Å². The van der Waals surface area contributed by atoms with E-state index in [1.54, 1.807) is 29.5 Å². The minimum absolute atomic E-state index is 0. The molecule has 18 heavy (non-hydrogen) atoms. The van der Waals surface area contributed by atoms with Gasteiger partial charge in [0.2, 0.25) is 0 Å². The summed E-state index contributed by atoms with van der Waals surface area (Å²) in [7, 11) is 0. The van der Waals surface area contributed by atoms with Gasteiger partial charge in [0.15, 0.2) is 11.6 Å². The molecular weight excluding hydrogens is 360 g/mol. The van der Waals surface area contributed by atoms with Crippen LogP contribution in [0.2, 0.25) is 0 Å². The summed E-state index contributed by atoms with van der Waals surface area (Å²) in [6.45, 7) is 1.91.